The third-order valence-electron chi connectivity index (χ3n) is 5.14. The molecule has 2 amide bonds. The van der Waals surface area contributed by atoms with E-state index in [9.17, 15) is 14.0 Å². The zero-order valence-electron chi connectivity index (χ0n) is 18.7. The second-order valence-corrected chi connectivity index (χ2v) is 9.65. The molecule has 4 nitrogen and oxygen atoms in total. The van der Waals surface area contributed by atoms with Gasteiger partial charge in [-0.1, -0.05) is 46.2 Å². The molecule has 0 aliphatic carbocycles. The lowest BCUT2D eigenvalue weighted by Crippen LogP contribution is -2.45. The molecule has 1 heterocycles. The summed E-state index contributed by atoms with van der Waals surface area (Å²) in [6, 6.07) is 10.3. The van der Waals surface area contributed by atoms with Gasteiger partial charge in [-0.25, -0.2) is 4.39 Å². The Balaban J connectivity index is 2.21. The molecule has 0 bridgehead atoms. The van der Waals surface area contributed by atoms with Crippen LogP contribution in [0.3, 0.4) is 0 Å². The van der Waals surface area contributed by atoms with Gasteiger partial charge in [-0.05, 0) is 42.7 Å². The normalized spacial score (nSPS) is 12.1. The van der Waals surface area contributed by atoms with Crippen LogP contribution in [-0.2, 0) is 22.7 Å². The van der Waals surface area contributed by atoms with Crippen LogP contribution in [0.25, 0.3) is 0 Å². The summed E-state index contributed by atoms with van der Waals surface area (Å²) in [6.45, 7) is 11.4. The minimum absolute atomic E-state index is 0.00245. The van der Waals surface area contributed by atoms with Crippen LogP contribution in [0.1, 0.15) is 49.4 Å². The number of amides is 2. The summed E-state index contributed by atoms with van der Waals surface area (Å²) in [5.41, 5.74) is 0.863. The number of aryl methyl sites for hydroxylation is 1. The average molecular weight is 433 g/mol. The highest BCUT2D eigenvalue weighted by molar-refractivity contribution is 7.11. The van der Waals surface area contributed by atoms with Gasteiger partial charge in [0.05, 0.1) is 13.1 Å². The molecule has 0 fully saturated rings. The van der Waals surface area contributed by atoms with E-state index in [0.29, 0.717) is 25.6 Å². The average Bonchev–Trinajstić information content (AvgIpc) is 3.12. The summed E-state index contributed by atoms with van der Waals surface area (Å²) in [6.07, 6.45) is 0.948. The van der Waals surface area contributed by atoms with Crippen molar-refractivity contribution in [2.75, 3.05) is 13.1 Å². The van der Waals surface area contributed by atoms with Gasteiger partial charge in [0.25, 0.3) is 0 Å². The van der Waals surface area contributed by atoms with E-state index < -0.39 is 0 Å². The van der Waals surface area contributed by atoms with E-state index in [4.69, 9.17) is 0 Å². The van der Waals surface area contributed by atoms with E-state index in [0.717, 1.165) is 16.9 Å². The van der Waals surface area contributed by atoms with Crippen LogP contribution in [0.2, 0.25) is 0 Å². The van der Waals surface area contributed by atoms with Crippen molar-refractivity contribution in [3.63, 3.8) is 0 Å². The van der Waals surface area contributed by atoms with Crippen molar-refractivity contribution in [2.45, 2.75) is 54.1 Å². The minimum Gasteiger partial charge on any atom is -0.333 e. The summed E-state index contributed by atoms with van der Waals surface area (Å²) >= 11 is 1.66. The third-order valence-corrected chi connectivity index (χ3v) is 6.13. The van der Waals surface area contributed by atoms with Crippen LogP contribution < -0.4 is 0 Å². The first-order valence-electron chi connectivity index (χ1n) is 10.6. The molecule has 164 valence electrons. The summed E-state index contributed by atoms with van der Waals surface area (Å²) in [4.78, 5) is 31.8. The fraction of sp³-hybridized carbons (Fsp3) is 0.500. The van der Waals surface area contributed by atoms with Crippen LogP contribution in [0, 0.1) is 24.6 Å². The van der Waals surface area contributed by atoms with Crippen molar-refractivity contribution < 1.29 is 14.0 Å². The third kappa shape index (κ3) is 7.24. The zero-order chi connectivity index (χ0) is 22.3. The van der Waals surface area contributed by atoms with Crippen LogP contribution in [0.5, 0.6) is 0 Å². The van der Waals surface area contributed by atoms with Gasteiger partial charge in [0, 0.05) is 28.8 Å². The SMILES string of the molecule is CC[C@H](C)CN(CC(=O)N(Cc1ccc(F)cc1)Cc1ccc(C)s1)C(=O)C(C)C. The molecule has 0 aliphatic heterocycles. The first-order chi connectivity index (χ1) is 14.2. The number of hydrogen-bond acceptors (Lipinski definition) is 3. The minimum atomic E-state index is -0.298. The van der Waals surface area contributed by atoms with E-state index in [1.807, 2.05) is 32.9 Å². The van der Waals surface area contributed by atoms with E-state index in [-0.39, 0.29) is 30.1 Å². The Bertz CT molecular complexity index is 832. The number of thiophene rings is 1. The lowest BCUT2D eigenvalue weighted by molar-refractivity contribution is -0.143. The van der Waals surface area contributed by atoms with Gasteiger partial charge < -0.3 is 9.80 Å². The van der Waals surface area contributed by atoms with Gasteiger partial charge in [-0.3, -0.25) is 9.59 Å². The highest BCUT2D eigenvalue weighted by Gasteiger charge is 2.24. The maximum absolute atomic E-state index is 13.3. The number of carbonyl (C=O) groups is 2. The number of nitrogens with zero attached hydrogens (tertiary/aromatic N) is 2. The van der Waals surface area contributed by atoms with Crippen LogP contribution >= 0.6 is 11.3 Å². The molecule has 30 heavy (non-hydrogen) atoms. The maximum Gasteiger partial charge on any atom is 0.242 e. The van der Waals surface area contributed by atoms with Gasteiger partial charge in [0.2, 0.25) is 11.8 Å². The largest absolute Gasteiger partial charge is 0.333 e. The number of halogens is 1. The smallest absolute Gasteiger partial charge is 0.242 e. The van der Waals surface area contributed by atoms with E-state index in [1.54, 1.807) is 33.3 Å². The van der Waals surface area contributed by atoms with E-state index in [1.165, 1.54) is 17.0 Å². The van der Waals surface area contributed by atoms with E-state index in [2.05, 4.69) is 13.8 Å². The Morgan fingerprint density at radius 3 is 2.20 bits per heavy atom. The molecule has 2 aromatic rings. The lowest BCUT2D eigenvalue weighted by Gasteiger charge is -2.30. The molecule has 0 unspecified atom stereocenters. The summed E-state index contributed by atoms with van der Waals surface area (Å²) in [5, 5.41) is 0. The van der Waals surface area contributed by atoms with Gasteiger partial charge in [0.1, 0.15) is 5.82 Å². The van der Waals surface area contributed by atoms with Crippen molar-refractivity contribution in [3.8, 4) is 0 Å². The van der Waals surface area contributed by atoms with Gasteiger partial charge >= 0.3 is 0 Å². The Kier molecular flexibility index (Phi) is 9.03. The van der Waals surface area contributed by atoms with Crippen molar-refractivity contribution in [1.82, 2.24) is 9.80 Å². The van der Waals surface area contributed by atoms with E-state index >= 15 is 0 Å². The molecule has 0 saturated carbocycles. The zero-order valence-corrected chi connectivity index (χ0v) is 19.5. The summed E-state index contributed by atoms with van der Waals surface area (Å²) < 4.78 is 13.3. The topological polar surface area (TPSA) is 40.6 Å². The van der Waals surface area contributed by atoms with Crippen LogP contribution in [-0.4, -0.2) is 34.7 Å². The van der Waals surface area contributed by atoms with Crippen molar-refractivity contribution in [2.24, 2.45) is 11.8 Å². The summed E-state index contributed by atoms with van der Waals surface area (Å²) in [5.74, 6) is -0.230. The molecule has 1 aromatic heterocycles. The highest BCUT2D eigenvalue weighted by Crippen LogP contribution is 2.19. The van der Waals surface area contributed by atoms with Gasteiger partial charge in [-0.2, -0.15) is 0 Å². The molecular weight excluding hydrogens is 399 g/mol. The van der Waals surface area contributed by atoms with Crippen molar-refractivity contribution >= 4 is 23.2 Å². The Morgan fingerprint density at radius 2 is 1.67 bits per heavy atom. The Labute approximate surface area is 183 Å². The highest BCUT2D eigenvalue weighted by atomic mass is 32.1. The molecule has 0 saturated heterocycles. The second kappa shape index (κ2) is 11.3. The van der Waals surface area contributed by atoms with Crippen molar-refractivity contribution in [1.29, 1.82) is 0 Å². The predicted octanol–water partition coefficient (Wildman–Crippen LogP) is 5.26. The second-order valence-electron chi connectivity index (χ2n) is 8.28. The monoisotopic (exact) mass is 432 g/mol. The fourth-order valence-electron chi connectivity index (χ4n) is 3.17. The molecular formula is C24H33FN2O2S. The lowest BCUT2D eigenvalue weighted by atomic mass is 10.1. The Hall–Kier alpha value is -2.21. The number of hydrogen-bond donors (Lipinski definition) is 0. The van der Waals surface area contributed by atoms with Crippen LogP contribution in [0.15, 0.2) is 36.4 Å². The molecule has 6 heteroatoms. The molecule has 1 aromatic carbocycles. The number of carbonyl (C=O) groups excluding carboxylic acids is 2. The molecule has 0 aliphatic rings. The summed E-state index contributed by atoms with van der Waals surface area (Å²) in [7, 11) is 0. The van der Waals surface area contributed by atoms with Gasteiger partial charge in [0.15, 0.2) is 0 Å². The standard InChI is InChI=1S/C24H33FN2O2S/c1-6-18(4)13-27(24(29)17(2)3)16-23(28)26(15-22-12-7-19(5)30-22)14-20-8-10-21(25)11-9-20/h7-12,17-18H,6,13-16H2,1-5H3/t18-/m0/s1. The maximum atomic E-state index is 13.3. The molecule has 0 N–H and O–H groups in total. The fourth-order valence-corrected chi connectivity index (χ4v) is 4.07. The first kappa shape index (κ1) is 24.1. The van der Waals surface area contributed by atoms with Crippen LogP contribution in [0.4, 0.5) is 4.39 Å². The molecule has 0 spiro atoms. The Morgan fingerprint density at radius 1 is 1.00 bits per heavy atom. The van der Waals surface area contributed by atoms with Gasteiger partial charge in [-0.15, -0.1) is 11.3 Å². The molecule has 0 radical (unpaired) electrons. The molecule has 2 rings (SSSR count). The number of benzene rings is 1. The quantitative estimate of drug-likeness (QED) is 0.514. The van der Waals surface area contributed by atoms with Crippen molar-refractivity contribution in [3.05, 3.63) is 57.5 Å². The molecule has 1 atom stereocenters. The first-order valence-corrected chi connectivity index (χ1v) is 11.4. The predicted molar refractivity (Wildman–Crippen MR) is 121 cm³/mol. The number of rotatable bonds is 10.